The predicted molar refractivity (Wildman–Crippen MR) is 101 cm³/mol. The minimum atomic E-state index is -0.507. The van der Waals surface area contributed by atoms with E-state index < -0.39 is 11.8 Å². The van der Waals surface area contributed by atoms with Gasteiger partial charge < -0.3 is 15.8 Å². The SMILES string of the molecule is C#Cc1cccc(Nc2ncnc3cc(OC)c(C(C)C(N)=O)cc23)c1. The van der Waals surface area contributed by atoms with Crippen LogP contribution in [0.15, 0.2) is 42.7 Å². The minimum absolute atomic E-state index is 0.435. The zero-order valence-electron chi connectivity index (χ0n) is 14.5. The van der Waals surface area contributed by atoms with Crippen molar-refractivity contribution in [3.8, 4) is 18.1 Å². The first-order chi connectivity index (χ1) is 12.5. The van der Waals surface area contributed by atoms with Crippen LogP contribution in [0, 0.1) is 12.3 Å². The van der Waals surface area contributed by atoms with Gasteiger partial charge in [-0.25, -0.2) is 9.97 Å². The number of carbonyl (C=O) groups excluding carboxylic acids is 1. The van der Waals surface area contributed by atoms with Crippen LogP contribution in [0.1, 0.15) is 24.0 Å². The molecule has 0 aliphatic rings. The lowest BCUT2D eigenvalue weighted by Gasteiger charge is -2.15. The maximum Gasteiger partial charge on any atom is 0.224 e. The molecule has 0 radical (unpaired) electrons. The Kier molecular flexibility index (Phi) is 4.72. The van der Waals surface area contributed by atoms with Gasteiger partial charge in [0.25, 0.3) is 0 Å². The van der Waals surface area contributed by atoms with Gasteiger partial charge in [-0.3, -0.25) is 4.79 Å². The largest absolute Gasteiger partial charge is 0.496 e. The van der Waals surface area contributed by atoms with Gasteiger partial charge in [-0.1, -0.05) is 12.0 Å². The zero-order valence-corrected chi connectivity index (χ0v) is 14.5. The Balaban J connectivity index is 2.12. The van der Waals surface area contributed by atoms with Gasteiger partial charge in [0.2, 0.25) is 5.91 Å². The summed E-state index contributed by atoms with van der Waals surface area (Å²) < 4.78 is 5.40. The first kappa shape index (κ1) is 17.2. The van der Waals surface area contributed by atoms with Gasteiger partial charge >= 0.3 is 0 Å². The number of hydrogen-bond donors (Lipinski definition) is 2. The topological polar surface area (TPSA) is 90.1 Å². The van der Waals surface area contributed by atoms with Gasteiger partial charge in [-0.2, -0.15) is 0 Å². The number of benzene rings is 2. The second-order valence-electron chi connectivity index (χ2n) is 5.81. The molecule has 1 unspecified atom stereocenters. The normalized spacial score (nSPS) is 11.6. The van der Waals surface area contributed by atoms with Crippen LogP contribution in [0.4, 0.5) is 11.5 Å². The molecule has 3 rings (SSSR count). The summed E-state index contributed by atoms with van der Waals surface area (Å²) in [6.45, 7) is 1.74. The molecule has 1 heterocycles. The Morgan fingerprint density at radius 2 is 2.12 bits per heavy atom. The third-order valence-electron chi connectivity index (χ3n) is 4.17. The fourth-order valence-corrected chi connectivity index (χ4v) is 2.69. The van der Waals surface area contributed by atoms with Crippen molar-refractivity contribution in [2.75, 3.05) is 12.4 Å². The average molecular weight is 346 g/mol. The number of nitrogens with zero attached hydrogens (tertiary/aromatic N) is 2. The third-order valence-corrected chi connectivity index (χ3v) is 4.17. The predicted octanol–water partition coefficient (Wildman–Crippen LogP) is 2.95. The summed E-state index contributed by atoms with van der Waals surface area (Å²) >= 11 is 0. The lowest BCUT2D eigenvalue weighted by Crippen LogP contribution is -2.19. The van der Waals surface area contributed by atoms with E-state index in [4.69, 9.17) is 16.9 Å². The third kappa shape index (κ3) is 3.28. The van der Waals surface area contributed by atoms with Crippen molar-refractivity contribution in [3.63, 3.8) is 0 Å². The number of carbonyl (C=O) groups is 1. The van der Waals surface area contributed by atoms with Crippen molar-refractivity contribution in [1.82, 2.24) is 9.97 Å². The van der Waals surface area contributed by atoms with Crippen molar-refractivity contribution in [2.24, 2.45) is 5.73 Å². The fraction of sp³-hybridized carbons (Fsp3) is 0.150. The van der Waals surface area contributed by atoms with Gasteiger partial charge in [0.1, 0.15) is 17.9 Å². The van der Waals surface area contributed by atoms with E-state index in [9.17, 15) is 4.79 Å². The molecule has 26 heavy (non-hydrogen) atoms. The van der Waals surface area contributed by atoms with E-state index in [1.807, 2.05) is 30.3 Å². The van der Waals surface area contributed by atoms with Gasteiger partial charge in [0, 0.05) is 28.3 Å². The number of nitrogens with one attached hydrogen (secondary N) is 1. The lowest BCUT2D eigenvalue weighted by molar-refractivity contribution is -0.119. The van der Waals surface area contributed by atoms with Gasteiger partial charge in [-0.05, 0) is 31.2 Å². The number of hydrogen-bond acceptors (Lipinski definition) is 5. The fourth-order valence-electron chi connectivity index (χ4n) is 2.69. The smallest absolute Gasteiger partial charge is 0.224 e. The Labute approximate surface area is 151 Å². The summed E-state index contributed by atoms with van der Waals surface area (Å²) in [4.78, 5) is 20.3. The summed E-state index contributed by atoms with van der Waals surface area (Å²) in [5.41, 5.74) is 8.41. The molecule has 1 aromatic heterocycles. The van der Waals surface area contributed by atoms with E-state index in [1.54, 1.807) is 20.1 Å². The van der Waals surface area contributed by atoms with Crippen molar-refractivity contribution >= 4 is 28.3 Å². The number of ether oxygens (including phenoxy) is 1. The van der Waals surface area contributed by atoms with Crippen molar-refractivity contribution in [3.05, 3.63) is 53.9 Å². The molecule has 1 amide bonds. The highest BCUT2D eigenvalue weighted by Gasteiger charge is 2.19. The average Bonchev–Trinajstić information content (AvgIpc) is 2.66. The summed E-state index contributed by atoms with van der Waals surface area (Å²) in [7, 11) is 1.55. The van der Waals surface area contributed by atoms with Gasteiger partial charge in [0.05, 0.1) is 18.5 Å². The highest BCUT2D eigenvalue weighted by molar-refractivity contribution is 5.94. The van der Waals surface area contributed by atoms with E-state index in [-0.39, 0.29) is 0 Å². The number of aromatic nitrogens is 2. The molecule has 0 aliphatic carbocycles. The number of amides is 1. The molecule has 0 saturated carbocycles. The Morgan fingerprint density at radius 1 is 1.31 bits per heavy atom. The summed E-state index contributed by atoms with van der Waals surface area (Å²) in [5, 5.41) is 4.00. The number of primary amides is 1. The first-order valence-corrected chi connectivity index (χ1v) is 7.99. The van der Waals surface area contributed by atoms with E-state index in [0.29, 0.717) is 22.6 Å². The molecule has 0 aliphatic heterocycles. The standard InChI is InChI=1S/C20H18N4O2/c1-4-13-6-5-7-14(8-13)24-20-16-9-15(12(2)19(21)25)18(26-3)10-17(16)22-11-23-20/h1,5-12H,2-3H3,(H2,21,25)(H,22,23,24). The summed E-state index contributed by atoms with van der Waals surface area (Å²) in [5.74, 6) is 2.82. The zero-order chi connectivity index (χ0) is 18.7. The quantitative estimate of drug-likeness (QED) is 0.693. The molecule has 3 aromatic rings. The van der Waals surface area contributed by atoms with Crippen LogP contribution in [-0.4, -0.2) is 23.0 Å². The van der Waals surface area contributed by atoms with E-state index >= 15 is 0 Å². The van der Waals surface area contributed by atoms with E-state index in [0.717, 1.165) is 16.6 Å². The second-order valence-corrected chi connectivity index (χ2v) is 5.81. The summed E-state index contributed by atoms with van der Waals surface area (Å²) in [6, 6.07) is 11.1. The number of anilines is 2. The minimum Gasteiger partial charge on any atom is -0.496 e. The van der Waals surface area contributed by atoms with Crippen molar-refractivity contribution in [1.29, 1.82) is 0 Å². The maximum absolute atomic E-state index is 11.7. The van der Waals surface area contributed by atoms with Crippen molar-refractivity contribution < 1.29 is 9.53 Å². The molecule has 0 spiro atoms. The number of nitrogens with two attached hydrogens (primary N) is 1. The molecule has 0 saturated heterocycles. The lowest BCUT2D eigenvalue weighted by atomic mass is 9.97. The first-order valence-electron chi connectivity index (χ1n) is 7.99. The molecule has 0 fully saturated rings. The molecule has 1 atom stereocenters. The van der Waals surface area contributed by atoms with Crippen LogP contribution in [-0.2, 0) is 4.79 Å². The maximum atomic E-state index is 11.7. The molecule has 2 aromatic carbocycles. The molecular formula is C20H18N4O2. The second kappa shape index (κ2) is 7.11. The molecule has 0 bridgehead atoms. The number of fused-ring (bicyclic) bond motifs is 1. The molecule has 6 nitrogen and oxygen atoms in total. The van der Waals surface area contributed by atoms with Gasteiger partial charge in [0.15, 0.2) is 0 Å². The van der Waals surface area contributed by atoms with E-state index in [1.165, 1.54) is 6.33 Å². The Hall–Kier alpha value is -3.59. The Morgan fingerprint density at radius 3 is 2.81 bits per heavy atom. The highest BCUT2D eigenvalue weighted by Crippen LogP contribution is 2.33. The molecule has 6 heteroatoms. The van der Waals surface area contributed by atoms with Crippen LogP contribution < -0.4 is 15.8 Å². The summed E-state index contributed by atoms with van der Waals surface area (Å²) in [6.07, 6.45) is 6.92. The van der Waals surface area contributed by atoms with Gasteiger partial charge in [-0.15, -0.1) is 6.42 Å². The Bertz CT molecular complexity index is 1020. The molecule has 130 valence electrons. The van der Waals surface area contributed by atoms with Crippen LogP contribution in [0.3, 0.4) is 0 Å². The van der Waals surface area contributed by atoms with Crippen LogP contribution in [0.5, 0.6) is 5.75 Å². The van der Waals surface area contributed by atoms with E-state index in [2.05, 4.69) is 21.2 Å². The van der Waals surface area contributed by atoms with Crippen LogP contribution in [0.25, 0.3) is 10.9 Å². The monoisotopic (exact) mass is 346 g/mol. The number of terminal acetylenes is 1. The van der Waals surface area contributed by atoms with Crippen LogP contribution in [0.2, 0.25) is 0 Å². The van der Waals surface area contributed by atoms with Crippen molar-refractivity contribution in [2.45, 2.75) is 12.8 Å². The number of rotatable bonds is 5. The number of methoxy groups -OCH3 is 1. The van der Waals surface area contributed by atoms with Crippen LogP contribution >= 0.6 is 0 Å². The molecular weight excluding hydrogens is 328 g/mol. The highest BCUT2D eigenvalue weighted by atomic mass is 16.5. The molecule has 3 N–H and O–H groups in total.